The second kappa shape index (κ2) is 5.05. The zero-order valence-corrected chi connectivity index (χ0v) is 12.9. The van der Waals surface area contributed by atoms with Crippen LogP contribution in [-0.4, -0.2) is 22.8 Å². The molecule has 1 heterocycles. The van der Waals surface area contributed by atoms with Crippen molar-refractivity contribution in [1.29, 1.82) is 0 Å². The Hall–Kier alpha value is -1.96. The van der Waals surface area contributed by atoms with Crippen LogP contribution < -0.4 is 10.2 Å². The van der Waals surface area contributed by atoms with Crippen molar-refractivity contribution in [3.05, 3.63) is 38.1 Å². The summed E-state index contributed by atoms with van der Waals surface area (Å²) in [6.07, 6.45) is 2.71. The number of benzene rings is 1. The minimum Gasteiger partial charge on any atom is -0.493 e. The van der Waals surface area contributed by atoms with Gasteiger partial charge in [0.05, 0.1) is 22.5 Å². The Morgan fingerprint density at radius 1 is 1.41 bits per heavy atom. The lowest BCUT2D eigenvalue weighted by Gasteiger charge is -2.16. The fraction of sp³-hybridized carbons (Fsp3) is 0.286. The molecule has 1 N–H and O–H groups in total. The van der Waals surface area contributed by atoms with E-state index in [1.54, 1.807) is 0 Å². The Balaban J connectivity index is 2.60. The van der Waals surface area contributed by atoms with Crippen molar-refractivity contribution < 1.29 is 23.4 Å². The van der Waals surface area contributed by atoms with Gasteiger partial charge in [0, 0.05) is 12.2 Å². The van der Waals surface area contributed by atoms with Crippen molar-refractivity contribution in [3.63, 3.8) is 0 Å². The Labute approximate surface area is 131 Å². The van der Waals surface area contributed by atoms with E-state index in [0.717, 1.165) is 20.0 Å². The van der Waals surface area contributed by atoms with Gasteiger partial charge in [0.2, 0.25) is 11.2 Å². The number of carboxylic acid groups (broad SMARTS) is 1. The van der Waals surface area contributed by atoms with E-state index in [4.69, 9.17) is 4.74 Å². The average Bonchev–Trinajstić information content (AvgIpc) is 3.30. The topological polar surface area (TPSA) is 68.5 Å². The second-order valence-electron chi connectivity index (χ2n) is 5.01. The molecule has 0 unspecified atom stereocenters. The zero-order valence-electron chi connectivity index (χ0n) is 11.3. The van der Waals surface area contributed by atoms with E-state index in [9.17, 15) is 23.5 Å². The number of aromatic nitrogens is 1. The van der Waals surface area contributed by atoms with Crippen molar-refractivity contribution in [2.75, 3.05) is 7.11 Å². The Kier molecular flexibility index (Phi) is 3.43. The molecule has 1 fully saturated rings. The third kappa shape index (κ3) is 2.01. The standard InChI is InChI=1S/C14H10BrF2NO4/c1-22-13-7-11(8(15)9(16)10(13)17)18(5-2-3-5)4-6(12(7)19)14(20)21/h4-5H,2-3H2,1H3,(H,20,21). The normalized spacial score (nSPS) is 14.4. The molecule has 22 heavy (non-hydrogen) atoms. The van der Waals surface area contributed by atoms with Crippen LogP contribution in [0.5, 0.6) is 5.75 Å². The number of pyridine rings is 1. The highest BCUT2D eigenvalue weighted by molar-refractivity contribution is 9.10. The summed E-state index contributed by atoms with van der Waals surface area (Å²) in [5, 5.41) is 8.90. The van der Waals surface area contributed by atoms with Crippen LogP contribution in [0.4, 0.5) is 8.78 Å². The molecule has 0 atom stereocenters. The highest BCUT2D eigenvalue weighted by Crippen LogP contribution is 2.42. The molecule has 2 aromatic rings. The highest BCUT2D eigenvalue weighted by Gasteiger charge is 2.31. The molecule has 1 saturated carbocycles. The molecule has 1 aromatic heterocycles. The summed E-state index contributed by atoms with van der Waals surface area (Å²) in [6, 6.07) is -0.0490. The highest BCUT2D eigenvalue weighted by atomic mass is 79.9. The number of methoxy groups -OCH3 is 1. The quantitative estimate of drug-likeness (QED) is 0.839. The molecule has 0 amide bonds. The Morgan fingerprint density at radius 3 is 2.55 bits per heavy atom. The maximum Gasteiger partial charge on any atom is 0.341 e. The van der Waals surface area contributed by atoms with Gasteiger partial charge in [-0.15, -0.1) is 0 Å². The summed E-state index contributed by atoms with van der Waals surface area (Å²) >= 11 is 2.96. The third-order valence-corrected chi connectivity index (χ3v) is 4.35. The van der Waals surface area contributed by atoms with E-state index >= 15 is 0 Å². The maximum atomic E-state index is 14.0. The fourth-order valence-electron chi connectivity index (χ4n) is 2.46. The summed E-state index contributed by atoms with van der Waals surface area (Å²) in [4.78, 5) is 23.6. The van der Waals surface area contributed by atoms with Crippen molar-refractivity contribution in [3.8, 4) is 5.75 Å². The molecule has 1 aliphatic rings. The lowest BCUT2D eigenvalue weighted by Crippen LogP contribution is -2.20. The second-order valence-corrected chi connectivity index (χ2v) is 5.81. The van der Waals surface area contributed by atoms with Crippen molar-refractivity contribution in [1.82, 2.24) is 4.57 Å². The lowest BCUT2D eigenvalue weighted by atomic mass is 10.1. The number of carboxylic acids is 1. The van der Waals surface area contributed by atoms with Gasteiger partial charge in [0.25, 0.3) is 0 Å². The number of nitrogens with zero attached hydrogens (tertiary/aromatic N) is 1. The monoisotopic (exact) mass is 373 g/mol. The predicted octanol–water partition coefficient (Wildman–Crippen LogP) is 3.08. The lowest BCUT2D eigenvalue weighted by molar-refractivity contribution is 0.0695. The number of halogens is 3. The minimum atomic E-state index is -1.43. The molecule has 0 bridgehead atoms. The number of fused-ring (bicyclic) bond motifs is 1. The fourth-order valence-corrected chi connectivity index (χ4v) is 3.04. The van der Waals surface area contributed by atoms with Crippen LogP contribution in [0, 0.1) is 11.6 Å². The van der Waals surface area contributed by atoms with Gasteiger partial charge in [-0.05, 0) is 28.8 Å². The molecular formula is C14H10BrF2NO4. The number of hydrogen-bond acceptors (Lipinski definition) is 3. The number of hydrogen-bond donors (Lipinski definition) is 1. The van der Waals surface area contributed by atoms with Crippen LogP contribution >= 0.6 is 15.9 Å². The van der Waals surface area contributed by atoms with Crippen LogP contribution in [0.2, 0.25) is 0 Å². The maximum absolute atomic E-state index is 14.0. The Bertz CT molecular complexity index is 874. The van der Waals surface area contributed by atoms with E-state index in [2.05, 4.69) is 15.9 Å². The molecule has 1 aliphatic carbocycles. The van der Waals surface area contributed by atoms with Gasteiger partial charge in [-0.25, -0.2) is 9.18 Å². The largest absolute Gasteiger partial charge is 0.493 e. The molecule has 8 heteroatoms. The number of rotatable bonds is 3. The molecule has 1 aromatic carbocycles. The molecule has 0 aliphatic heterocycles. The van der Waals surface area contributed by atoms with Gasteiger partial charge < -0.3 is 14.4 Å². The molecule has 0 spiro atoms. The molecule has 3 rings (SSSR count). The molecule has 0 radical (unpaired) electrons. The van der Waals surface area contributed by atoms with Crippen LogP contribution in [0.3, 0.4) is 0 Å². The number of carbonyl (C=O) groups is 1. The first-order chi connectivity index (χ1) is 10.4. The third-order valence-electron chi connectivity index (χ3n) is 3.63. The van der Waals surface area contributed by atoms with Crippen LogP contribution in [0.1, 0.15) is 29.2 Å². The molecular weight excluding hydrogens is 364 g/mol. The summed E-state index contributed by atoms with van der Waals surface area (Å²) in [7, 11) is 1.10. The number of ether oxygens (including phenoxy) is 1. The van der Waals surface area contributed by atoms with Gasteiger partial charge >= 0.3 is 5.97 Å². The van der Waals surface area contributed by atoms with Crippen LogP contribution in [-0.2, 0) is 0 Å². The van der Waals surface area contributed by atoms with Crippen molar-refractivity contribution >= 4 is 32.8 Å². The van der Waals surface area contributed by atoms with Gasteiger partial charge in [0.15, 0.2) is 11.6 Å². The van der Waals surface area contributed by atoms with Crippen LogP contribution in [0.15, 0.2) is 15.5 Å². The van der Waals surface area contributed by atoms with Crippen molar-refractivity contribution in [2.45, 2.75) is 18.9 Å². The predicted molar refractivity (Wildman–Crippen MR) is 77.6 cm³/mol. The average molecular weight is 374 g/mol. The van der Waals surface area contributed by atoms with E-state index in [-0.39, 0.29) is 21.4 Å². The summed E-state index contributed by atoms with van der Waals surface area (Å²) in [6.45, 7) is 0. The van der Waals surface area contributed by atoms with Crippen LogP contribution in [0.25, 0.3) is 10.9 Å². The van der Waals surface area contributed by atoms with Gasteiger partial charge in [-0.2, -0.15) is 4.39 Å². The van der Waals surface area contributed by atoms with E-state index < -0.39 is 34.3 Å². The first-order valence-electron chi connectivity index (χ1n) is 6.41. The molecule has 0 saturated heterocycles. The first-order valence-corrected chi connectivity index (χ1v) is 7.20. The van der Waals surface area contributed by atoms with Gasteiger partial charge in [-0.1, -0.05) is 0 Å². The number of aromatic carboxylic acids is 1. The summed E-state index contributed by atoms with van der Waals surface area (Å²) < 4.78 is 34.2. The van der Waals surface area contributed by atoms with E-state index in [1.807, 2.05) is 0 Å². The van der Waals surface area contributed by atoms with Crippen molar-refractivity contribution in [2.24, 2.45) is 0 Å². The Morgan fingerprint density at radius 2 is 2.05 bits per heavy atom. The SMILES string of the molecule is COc1c(F)c(F)c(Br)c2c1c(=O)c(C(=O)O)cn2C1CC1. The van der Waals surface area contributed by atoms with E-state index in [0.29, 0.717) is 0 Å². The molecule has 5 nitrogen and oxygen atoms in total. The van der Waals surface area contributed by atoms with Gasteiger partial charge in [-0.3, -0.25) is 4.79 Å². The van der Waals surface area contributed by atoms with Gasteiger partial charge in [0.1, 0.15) is 5.56 Å². The minimum absolute atomic E-state index is 0.0490. The smallest absolute Gasteiger partial charge is 0.341 e. The van der Waals surface area contributed by atoms with E-state index in [1.165, 1.54) is 10.8 Å². The summed E-state index contributed by atoms with van der Waals surface area (Å²) in [5.41, 5.74) is -1.31. The summed E-state index contributed by atoms with van der Waals surface area (Å²) in [5.74, 6) is -4.52. The zero-order chi connectivity index (χ0) is 16.2. The molecule has 116 valence electrons. The first kappa shape index (κ1) is 15.0.